The number of aromatic nitrogens is 2. The summed E-state index contributed by atoms with van der Waals surface area (Å²) in [7, 11) is 1.88. The molecule has 1 aromatic heterocycles. The van der Waals surface area contributed by atoms with Gasteiger partial charge in [0.1, 0.15) is 16.8 Å². The van der Waals surface area contributed by atoms with Crippen LogP contribution in [0.15, 0.2) is 0 Å². The second-order valence-electron chi connectivity index (χ2n) is 3.34. The standard InChI is InChI=1S/C10H14ClN3O/c1-4-5-14(3)10-8(6-15)9(11)12-7(2)13-10/h6H,4-5H2,1-3H3. The topological polar surface area (TPSA) is 46.1 Å². The molecule has 0 atom stereocenters. The van der Waals surface area contributed by atoms with Crippen molar-refractivity contribution in [1.29, 1.82) is 0 Å². The third-order valence-electron chi connectivity index (χ3n) is 2.03. The van der Waals surface area contributed by atoms with Crippen LogP contribution >= 0.6 is 11.6 Å². The van der Waals surface area contributed by atoms with E-state index in [-0.39, 0.29) is 5.15 Å². The summed E-state index contributed by atoms with van der Waals surface area (Å²) in [6.45, 7) is 4.64. The second-order valence-corrected chi connectivity index (χ2v) is 3.70. The quantitative estimate of drug-likeness (QED) is 0.584. The highest BCUT2D eigenvalue weighted by Crippen LogP contribution is 2.21. The number of aryl methyl sites for hydroxylation is 1. The minimum Gasteiger partial charge on any atom is -0.359 e. The molecule has 0 radical (unpaired) electrons. The molecule has 0 aliphatic heterocycles. The molecule has 0 spiro atoms. The summed E-state index contributed by atoms with van der Waals surface area (Å²) in [6.07, 6.45) is 1.68. The van der Waals surface area contributed by atoms with Gasteiger partial charge in [0, 0.05) is 13.6 Å². The molecule has 15 heavy (non-hydrogen) atoms. The molecule has 0 N–H and O–H groups in total. The maximum atomic E-state index is 10.9. The van der Waals surface area contributed by atoms with Crippen molar-refractivity contribution in [2.24, 2.45) is 0 Å². The van der Waals surface area contributed by atoms with Crippen LogP contribution in [-0.2, 0) is 0 Å². The molecule has 0 aliphatic carbocycles. The summed E-state index contributed by atoms with van der Waals surface area (Å²) in [5.41, 5.74) is 0.359. The summed E-state index contributed by atoms with van der Waals surface area (Å²) < 4.78 is 0. The smallest absolute Gasteiger partial charge is 0.156 e. The van der Waals surface area contributed by atoms with Gasteiger partial charge in [0.15, 0.2) is 6.29 Å². The van der Waals surface area contributed by atoms with Gasteiger partial charge >= 0.3 is 0 Å². The fourth-order valence-electron chi connectivity index (χ4n) is 1.37. The lowest BCUT2D eigenvalue weighted by Crippen LogP contribution is -2.21. The van der Waals surface area contributed by atoms with Gasteiger partial charge in [0.05, 0.1) is 5.56 Å². The van der Waals surface area contributed by atoms with E-state index in [1.165, 1.54) is 0 Å². The Morgan fingerprint density at radius 2 is 2.13 bits per heavy atom. The molecule has 1 aromatic rings. The Balaban J connectivity index is 3.19. The van der Waals surface area contributed by atoms with Crippen molar-refractivity contribution >= 4 is 23.7 Å². The number of hydrogen-bond acceptors (Lipinski definition) is 4. The molecule has 4 nitrogen and oxygen atoms in total. The van der Waals surface area contributed by atoms with Gasteiger partial charge in [-0.3, -0.25) is 4.79 Å². The maximum Gasteiger partial charge on any atom is 0.156 e. The molecule has 5 heteroatoms. The first kappa shape index (κ1) is 11.9. The fourth-order valence-corrected chi connectivity index (χ4v) is 1.62. The first-order valence-electron chi connectivity index (χ1n) is 4.80. The fraction of sp³-hybridized carbons (Fsp3) is 0.500. The van der Waals surface area contributed by atoms with Crippen LogP contribution in [0.1, 0.15) is 29.5 Å². The van der Waals surface area contributed by atoms with Crippen LogP contribution in [0.4, 0.5) is 5.82 Å². The van der Waals surface area contributed by atoms with Crippen LogP contribution < -0.4 is 4.90 Å². The number of aldehydes is 1. The number of halogens is 1. The minimum atomic E-state index is 0.218. The Kier molecular flexibility index (Phi) is 4.03. The molecular formula is C10H14ClN3O. The highest BCUT2D eigenvalue weighted by atomic mass is 35.5. The monoisotopic (exact) mass is 227 g/mol. The van der Waals surface area contributed by atoms with Gasteiger partial charge in [-0.05, 0) is 13.3 Å². The van der Waals surface area contributed by atoms with Gasteiger partial charge in [0.2, 0.25) is 0 Å². The van der Waals surface area contributed by atoms with Crippen LogP contribution in [-0.4, -0.2) is 29.8 Å². The first-order valence-corrected chi connectivity index (χ1v) is 5.18. The lowest BCUT2D eigenvalue weighted by molar-refractivity contribution is 0.112. The molecule has 82 valence electrons. The summed E-state index contributed by atoms with van der Waals surface area (Å²) in [5.74, 6) is 1.17. The summed E-state index contributed by atoms with van der Waals surface area (Å²) in [5, 5.41) is 0.218. The molecule has 0 aliphatic rings. The molecule has 0 fully saturated rings. The number of carbonyl (C=O) groups excluding carboxylic acids is 1. The predicted molar refractivity (Wildman–Crippen MR) is 60.7 cm³/mol. The largest absolute Gasteiger partial charge is 0.359 e. The Morgan fingerprint density at radius 1 is 1.47 bits per heavy atom. The highest BCUT2D eigenvalue weighted by molar-refractivity contribution is 6.32. The van der Waals surface area contributed by atoms with E-state index in [1.54, 1.807) is 6.92 Å². The first-order chi connectivity index (χ1) is 7.10. The number of anilines is 1. The summed E-state index contributed by atoms with van der Waals surface area (Å²) >= 11 is 5.87. The van der Waals surface area contributed by atoms with E-state index in [0.29, 0.717) is 23.5 Å². The summed E-state index contributed by atoms with van der Waals surface area (Å²) in [4.78, 5) is 21.0. The third kappa shape index (κ3) is 2.65. The number of carbonyl (C=O) groups is 1. The summed E-state index contributed by atoms with van der Waals surface area (Å²) in [6, 6.07) is 0. The van der Waals surface area contributed by atoms with Gasteiger partial charge in [-0.1, -0.05) is 18.5 Å². The van der Waals surface area contributed by atoms with E-state index in [9.17, 15) is 4.79 Å². The molecule has 0 amide bonds. The Hall–Kier alpha value is -1.16. The minimum absolute atomic E-state index is 0.218. The molecule has 0 unspecified atom stereocenters. The lowest BCUT2D eigenvalue weighted by atomic mass is 10.3. The van der Waals surface area contributed by atoms with Gasteiger partial charge < -0.3 is 4.90 Å². The van der Waals surface area contributed by atoms with Crippen molar-refractivity contribution in [3.63, 3.8) is 0 Å². The van der Waals surface area contributed by atoms with Crippen LogP contribution in [0.5, 0.6) is 0 Å². The van der Waals surface area contributed by atoms with Gasteiger partial charge in [-0.15, -0.1) is 0 Å². The van der Waals surface area contributed by atoms with Crippen molar-refractivity contribution in [2.75, 3.05) is 18.5 Å². The average molecular weight is 228 g/mol. The predicted octanol–water partition coefficient (Wildman–Crippen LogP) is 2.10. The van der Waals surface area contributed by atoms with E-state index in [0.717, 1.165) is 13.0 Å². The molecule has 1 heterocycles. The van der Waals surface area contributed by atoms with E-state index in [4.69, 9.17) is 11.6 Å². The van der Waals surface area contributed by atoms with Crippen LogP contribution in [0, 0.1) is 6.92 Å². The average Bonchev–Trinajstić information content (AvgIpc) is 2.17. The molecule has 0 bridgehead atoms. The van der Waals surface area contributed by atoms with E-state index in [1.807, 2.05) is 11.9 Å². The molecule has 0 saturated carbocycles. The molecule has 0 aromatic carbocycles. The Morgan fingerprint density at radius 3 is 2.67 bits per heavy atom. The van der Waals surface area contributed by atoms with Crippen molar-refractivity contribution in [3.8, 4) is 0 Å². The van der Waals surface area contributed by atoms with Gasteiger partial charge in [0.25, 0.3) is 0 Å². The van der Waals surface area contributed by atoms with Crippen LogP contribution in [0.3, 0.4) is 0 Å². The normalized spacial score (nSPS) is 10.1. The van der Waals surface area contributed by atoms with E-state index < -0.39 is 0 Å². The SMILES string of the molecule is CCCN(C)c1nc(C)nc(Cl)c1C=O. The Labute approximate surface area is 94.3 Å². The van der Waals surface area contributed by atoms with E-state index in [2.05, 4.69) is 16.9 Å². The zero-order valence-corrected chi connectivity index (χ0v) is 9.88. The number of rotatable bonds is 4. The third-order valence-corrected chi connectivity index (χ3v) is 2.32. The number of hydrogen-bond donors (Lipinski definition) is 0. The van der Waals surface area contributed by atoms with E-state index >= 15 is 0 Å². The maximum absolute atomic E-state index is 10.9. The molecule has 1 rings (SSSR count). The zero-order valence-electron chi connectivity index (χ0n) is 9.12. The highest BCUT2D eigenvalue weighted by Gasteiger charge is 2.13. The van der Waals surface area contributed by atoms with Crippen LogP contribution in [0.25, 0.3) is 0 Å². The zero-order chi connectivity index (χ0) is 11.4. The van der Waals surface area contributed by atoms with Gasteiger partial charge in [-0.2, -0.15) is 0 Å². The number of nitrogens with zero attached hydrogens (tertiary/aromatic N) is 3. The van der Waals surface area contributed by atoms with Crippen LogP contribution in [0.2, 0.25) is 5.15 Å². The van der Waals surface area contributed by atoms with Crippen molar-refractivity contribution in [2.45, 2.75) is 20.3 Å². The van der Waals surface area contributed by atoms with Crippen molar-refractivity contribution in [3.05, 3.63) is 16.5 Å². The Bertz CT molecular complexity index is 368. The molecular weight excluding hydrogens is 214 g/mol. The lowest BCUT2D eigenvalue weighted by Gasteiger charge is -2.19. The second kappa shape index (κ2) is 5.07. The van der Waals surface area contributed by atoms with Crippen molar-refractivity contribution < 1.29 is 4.79 Å². The van der Waals surface area contributed by atoms with Gasteiger partial charge in [-0.25, -0.2) is 9.97 Å². The molecule has 0 saturated heterocycles. The van der Waals surface area contributed by atoms with Crippen molar-refractivity contribution in [1.82, 2.24) is 9.97 Å².